The Labute approximate surface area is 248 Å². The Morgan fingerprint density at radius 1 is 0.795 bits per heavy atom. The lowest BCUT2D eigenvalue weighted by Crippen LogP contribution is -3.00. The Hall–Kier alpha value is -1.38. The van der Waals surface area contributed by atoms with Gasteiger partial charge in [-0.2, -0.15) is 4.57 Å². The second-order valence-electron chi connectivity index (χ2n) is 10.2. The minimum Gasteiger partial charge on any atom is -1.00 e. The number of rotatable bonds is 26. The standard InChI is InChI=1S/C30H54N2O5S.ClH/c1-3-4-5-6-7-8-9-10-11-12-13-14-15-16-17-18-21-31-30(34)37-26-28(35-2)25-36-29(33)20-19-22-32-23-24-38-27-32;/h23-24,27-28H,3-22,25-26H2,1-2H3;1H. The van der Waals surface area contributed by atoms with E-state index in [1.54, 1.807) is 11.3 Å². The third-order valence-corrected chi connectivity index (χ3v) is 7.46. The molecule has 39 heavy (non-hydrogen) atoms. The predicted octanol–water partition coefficient (Wildman–Crippen LogP) is 4.37. The number of aromatic nitrogens is 1. The molecule has 1 aromatic heterocycles. The van der Waals surface area contributed by atoms with E-state index in [2.05, 4.69) is 12.2 Å². The van der Waals surface area contributed by atoms with Crippen LogP contribution in [-0.4, -0.2) is 45.0 Å². The maximum atomic E-state index is 11.9. The molecule has 1 amide bonds. The highest BCUT2D eigenvalue weighted by Crippen LogP contribution is 2.13. The molecule has 0 radical (unpaired) electrons. The largest absolute Gasteiger partial charge is 1.00 e. The molecule has 1 unspecified atom stereocenters. The van der Waals surface area contributed by atoms with Crippen molar-refractivity contribution in [3.8, 4) is 0 Å². The van der Waals surface area contributed by atoms with Crippen LogP contribution in [0.3, 0.4) is 0 Å². The number of methoxy groups -OCH3 is 1. The number of nitrogens with one attached hydrogen (secondary N) is 1. The van der Waals surface area contributed by atoms with Crippen molar-refractivity contribution in [2.24, 2.45) is 0 Å². The molecule has 0 aliphatic carbocycles. The van der Waals surface area contributed by atoms with Gasteiger partial charge in [0.05, 0.1) is 11.8 Å². The fraction of sp³-hybridized carbons (Fsp3) is 0.833. The van der Waals surface area contributed by atoms with E-state index in [0.29, 0.717) is 13.0 Å². The lowest BCUT2D eigenvalue weighted by Gasteiger charge is -2.16. The average Bonchev–Trinajstić information content (AvgIpc) is 3.44. The van der Waals surface area contributed by atoms with Crippen LogP contribution in [0, 0.1) is 0 Å². The number of carbonyl (C=O) groups excluding carboxylic acids is 2. The van der Waals surface area contributed by atoms with Crippen molar-refractivity contribution in [2.45, 2.75) is 135 Å². The fourth-order valence-electron chi connectivity index (χ4n) is 4.32. The van der Waals surface area contributed by atoms with Gasteiger partial charge in [0.2, 0.25) is 5.51 Å². The van der Waals surface area contributed by atoms with Gasteiger partial charge in [-0.15, -0.1) is 0 Å². The maximum absolute atomic E-state index is 11.9. The molecule has 1 rings (SSSR count). The Morgan fingerprint density at radius 2 is 1.33 bits per heavy atom. The summed E-state index contributed by atoms with van der Waals surface area (Å²) in [5.41, 5.74) is 2.01. The smallest absolute Gasteiger partial charge is 0.407 e. The summed E-state index contributed by atoms with van der Waals surface area (Å²) < 4.78 is 17.8. The summed E-state index contributed by atoms with van der Waals surface area (Å²) in [5, 5.41) is 4.79. The van der Waals surface area contributed by atoms with Gasteiger partial charge in [0.1, 0.15) is 25.9 Å². The first-order valence-electron chi connectivity index (χ1n) is 15.2. The van der Waals surface area contributed by atoms with Gasteiger partial charge < -0.3 is 31.9 Å². The molecule has 1 N–H and O–H groups in total. The molecule has 0 saturated carbocycles. The van der Waals surface area contributed by atoms with Gasteiger partial charge in [0, 0.05) is 20.1 Å². The first-order chi connectivity index (χ1) is 18.7. The first-order valence-corrected chi connectivity index (χ1v) is 16.1. The van der Waals surface area contributed by atoms with Crippen LogP contribution >= 0.6 is 11.3 Å². The molecule has 9 heteroatoms. The van der Waals surface area contributed by atoms with Crippen LogP contribution in [-0.2, 0) is 25.5 Å². The number of esters is 1. The van der Waals surface area contributed by atoms with Crippen LogP contribution in [0.5, 0.6) is 0 Å². The van der Waals surface area contributed by atoms with Gasteiger partial charge in [-0.05, 0) is 6.42 Å². The molecular formula is C30H55ClN2O5S. The quantitative estimate of drug-likeness (QED) is 0.0985. The third kappa shape index (κ3) is 24.2. The zero-order valence-corrected chi connectivity index (χ0v) is 26.2. The van der Waals surface area contributed by atoms with Crippen molar-refractivity contribution in [3.63, 3.8) is 0 Å². The second-order valence-corrected chi connectivity index (χ2v) is 11.0. The molecule has 0 bridgehead atoms. The second kappa shape index (κ2) is 28.2. The number of thiazole rings is 1. The number of carbonyl (C=O) groups is 2. The summed E-state index contributed by atoms with van der Waals surface area (Å²) in [6.07, 6.45) is 23.4. The van der Waals surface area contributed by atoms with Crippen molar-refractivity contribution in [1.29, 1.82) is 0 Å². The summed E-state index contributed by atoms with van der Waals surface area (Å²) in [6.45, 7) is 3.81. The molecule has 1 aromatic rings. The van der Waals surface area contributed by atoms with E-state index in [0.717, 1.165) is 25.8 Å². The van der Waals surface area contributed by atoms with Crippen molar-refractivity contribution >= 4 is 23.4 Å². The summed E-state index contributed by atoms with van der Waals surface area (Å²) in [6, 6.07) is 0. The van der Waals surface area contributed by atoms with Gasteiger partial charge in [0.15, 0.2) is 6.20 Å². The SMILES string of the molecule is CCCCCCCCCCCCCCCCCCNC(=O)OCC(COC(=O)CCC[n+]1ccsc1)OC.[Cl-]. The Morgan fingerprint density at radius 3 is 1.85 bits per heavy atom. The van der Waals surface area contributed by atoms with Gasteiger partial charge in [-0.25, -0.2) is 4.79 Å². The molecule has 0 aliphatic heterocycles. The van der Waals surface area contributed by atoms with Crippen molar-refractivity contribution < 1.29 is 40.8 Å². The van der Waals surface area contributed by atoms with E-state index in [1.165, 1.54) is 97.0 Å². The number of halogens is 1. The molecule has 228 valence electrons. The Balaban J connectivity index is 0.0000144. The van der Waals surface area contributed by atoms with Crippen LogP contribution < -0.4 is 22.3 Å². The van der Waals surface area contributed by atoms with E-state index in [9.17, 15) is 9.59 Å². The lowest BCUT2D eigenvalue weighted by molar-refractivity contribution is -0.692. The zero-order valence-electron chi connectivity index (χ0n) is 24.6. The number of unbranched alkanes of at least 4 members (excludes halogenated alkanes) is 15. The molecule has 1 heterocycles. The molecule has 0 aromatic carbocycles. The third-order valence-electron chi connectivity index (χ3n) is 6.79. The number of alkyl carbamates (subject to hydrolysis) is 1. The molecule has 0 fully saturated rings. The highest BCUT2D eigenvalue weighted by atomic mass is 35.5. The number of hydrogen-bond donors (Lipinski definition) is 1. The van der Waals surface area contributed by atoms with Crippen molar-refractivity contribution in [3.05, 3.63) is 17.1 Å². The summed E-state index contributed by atoms with van der Waals surface area (Å²) in [4.78, 5) is 23.8. The predicted molar refractivity (Wildman–Crippen MR) is 154 cm³/mol. The normalized spacial score (nSPS) is 11.5. The van der Waals surface area contributed by atoms with Gasteiger partial charge >= 0.3 is 12.1 Å². The van der Waals surface area contributed by atoms with Crippen LogP contribution in [0.1, 0.15) is 122 Å². The van der Waals surface area contributed by atoms with E-state index < -0.39 is 12.2 Å². The van der Waals surface area contributed by atoms with Crippen LogP contribution in [0.4, 0.5) is 4.79 Å². The van der Waals surface area contributed by atoms with Gasteiger partial charge in [-0.1, -0.05) is 115 Å². The van der Waals surface area contributed by atoms with E-state index in [1.807, 2.05) is 21.7 Å². The van der Waals surface area contributed by atoms with E-state index >= 15 is 0 Å². The number of amides is 1. The number of hydrogen-bond acceptors (Lipinski definition) is 6. The minimum absolute atomic E-state index is 0. The zero-order chi connectivity index (χ0) is 27.5. The number of aryl methyl sites for hydroxylation is 1. The highest BCUT2D eigenvalue weighted by Gasteiger charge is 2.14. The number of nitrogens with zero attached hydrogens (tertiary/aromatic N) is 1. The molecule has 1 atom stereocenters. The van der Waals surface area contributed by atoms with Gasteiger partial charge in [-0.3, -0.25) is 4.79 Å². The first kappa shape index (κ1) is 37.6. The molecular weight excluding hydrogens is 536 g/mol. The Bertz CT molecular complexity index is 678. The number of ether oxygens (including phenoxy) is 3. The van der Waals surface area contributed by atoms with Crippen molar-refractivity contribution in [1.82, 2.24) is 5.32 Å². The highest BCUT2D eigenvalue weighted by molar-refractivity contribution is 7.07. The van der Waals surface area contributed by atoms with E-state index in [4.69, 9.17) is 14.2 Å². The summed E-state index contributed by atoms with van der Waals surface area (Å²) >= 11 is 1.62. The summed E-state index contributed by atoms with van der Waals surface area (Å²) in [7, 11) is 1.52. The molecule has 7 nitrogen and oxygen atoms in total. The van der Waals surface area contributed by atoms with Crippen LogP contribution in [0.2, 0.25) is 0 Å². The monoisotopic (exact) mass is 590 g/mol. The van der Waals surface area contributed by atoms with Crippen molar-refractivity contribution in [2.75, 3.05) is 26.9 Å². The van der Waals surface area contributed by atoms with Crippen LogP contribution in [0.25, 0.3) is 0 Å². The molecule has 0 spiro atoms. The fourth-order valence-corrected chi connectivity index (χ4v) is 4.95. The Kier molecular flexibility index (Phi) is 27.2. The average molecular weight is 591 g/mol. The molecule has 0 aliphatic rings. The lowest BCUT2D eigenvalue weighted by atomic mass is 10.0. The summed E-state index contributed by atoms with van der Waals surface area (Å²) in [5.74, 6) is -0.268. The topological polar surface area (TPSA) is 77.7 Å². The molecule has 0 saturated heterocycles. The van der Waals surface area contributed by atoms with Crippen LogP contribution in [0.15, 0.2) is 17.1 Å². The maximum Gasteiger partial charge on any atom is 0.407 e. The van der Waals surface area contributed by atoms with Gasteiger partial charge in [0.25, 0.3) is 0 Å². The van der Waals surface area contributed by atoms with E-state index in [-0.39, 0.29) is 31.6 Å². The minimum atomic E-state index is -0.466.